The van der Waals surface area contributed by atoms with Crippen molar-refractivity contribution in [1.29, 1.82) is 0 Å². The van der Waals surface area contributed by atoms with Crippen molar-refractivity contribution < 1.29 is 27.4 Å². The second-order valence-corrected chi connectivity index (χ2v) is 6.43. The first-order chi connectivity index (χ1) is 13.7. The van der Waals surface area contributed by atoms with E-state index in [0.717, 1.165) is 24.2 Å². The van der Waals surface area contributed by atoms with Crippen LogP contribution < -0.4 is 4.74 Å². The van der Waals surface area contributed by atoms with E-state index in [9.17, 15) is 18.0 Å². The van der Waals surface area contributed by atoms with Gasteiger partial charge in [0.1, 0.15) is 17.9 Å². The number of methoxy groups -OCH3 is 1. The molecule has 29 heavy (non-hydrogen) atoms. The molecule has 2 aromatic carbocycles. The van der Waals surface area contributed by atoms with Crippen LogP contribution in [0.25, 0.3) is 0 Å². The molecule has 8 heteroatoms. The minimum Gasteiger partial charge on any atom is -0.496 e. The van der Waals surface area contributed by atoms with Crippen molar-refractivity contribution in [2.75, 3.05) is 20.7 Å². The van der Waals surface area contributed by atoms with Crippen LogP contribution in [0.1, 0.15) is 34.0 Å². The minimum atomic E-state index is -4.46. The summed E-state index contributed by atoms with van der Waals surface area (Å²) >= 11 is 0. The lowest BCUT2D eigenvalue weighted by Crippen LogP contribution is -2.14. The fourth-order valence-electron chi connectivity index (χ4n) is 2.45. The largest absolute Gasteiger partial charge is 0.496 e. The first-order valence-corrected chi connectivity index (χ1v) is 8.92. The van der Waals surface area contributed by atoms with Crippen molar-refractivity contribution in [3.63, 3.8) is 0 Å². The van der Waals surface area contributed by atoms with E-state index in [0.29, 0.717) is 5.69 Å². The summed E-state index contributed by atoms with van der Waals surface area (Å²) in [5, 5.41) is 0. The van der Waals surface area contributed by atoms with Gasteiger partial charge in [-0.3, -0.25) is 0 Å². The smallest absolute Gasteiger partial charge is 0.416 e. The first-order valence-electron chi connectivity index (χ1n) is 8.92. The summed E-state index contributed by atoms with van der Waals surface area (Å²) in [5.74, 6) is -0.417. The van der Waals surface area contributed by atoms with Crippen LogP contribution in [0.15, 0.2) is 41.4 Å². The van der Waals surface area contributed by atoms with Crippen molar-refractivity contribution in [2.24, 2.45) is 4.99 Å². The van der Waals surface area contributed by atoms with Crippen LogP contribution in [0.2, 0.25) is 0 Å². The summed E-state index contributed by atoms with van der Waals surface area (Å²) in [6.45, 7) is 4.29. The van der Waals surface area contributed by atoms with Gasteiger partial charge in [0, 0.05) is 19.7 Å². The monoisotopic (exact) mass is 408 g/mol. The number of ether oxygens (including phenoxy) is 2. The molecule has 2 rings (SSSR count). The summed E-state index contributed by atoms with van der Waals surface area (Å²) in [5.41, 5.74) is 1.00. The van der Waals surface area contributed by atoms with Crippen molar-refractivity contribution in [3.8, 4) is 5.75 Å². The maximum atomic E-state index is 12.8. The van der Waals surface area contributed by atoms with E-state index in [4.69, 9.17) is 9.47 Å². The summed E-state index contributed by atoms with van der Waals surface area (Å²) in [6, 6.07) is 7.87. The molecule has 0 spiro atoms. The van der Waals surface area contributed by atoms with Gasteiger partial charge in [0.25, 0.3) is 0 Å². The van der Waals surface area contributed by atoms with Gasteiger partial charge in [-0.05, 0) is 43.2 Å². The highest BCUT2D eigenvalue weighted by atomic mass is 19.4. The second kappa shape index (κ2) is 9.45. The number of alkyl halides is 3. The number of halogens is 3. The third-order valence-corrected chi connectivity index (χ3v) is 4.25. The molecule has 0 amide bonds. The predicted molar refractivity (Wildman–Crippen MR) is 105 cm³/mol. The van der Waals surface area contributed by atoms with Gasteiger partial charge in [0.2, 0.25) is 0 Å². The number of esters is 1. The molecule has 0 aliphatic heterocycles. The Morgan fingerprint density at radius 1 is 1.24 bits per heavy atom. The number of benzene rings is 2. The molecule has 5 nitrogen and oxygen atoms in total. The number of aliphatic imine (C=N–C) groups is 1. The van der Waals surface area contributed by atoms with Crippen LogP contribution in [0, 0.1) is 6.92 Å². The molecule has 156 valence electrons. The van der Waals surface area contributed by atoms with Crippen molar-refractivity contribution >= 4 is 18.0 Å². The standard InChI is InChI=1S/C21H23F3N2O3/c1-5-26(3)13-25-18-11-19(28-4)17(9-14(18)2)20(27)29-12-15-7-6-8-16(10-15)21(22,23)24/h6-11,13H,5,12H2,1-4H3. The van der Waals surface area contributed by atoms with Crippen LogP contribution in [0.4, 0.5) is 18.9 Å². The molecule has 0 bridgehead atoms. The number of rotatable bonds is 7. The van der Waals surface area contributed by atoms with Crippen LogP contribution in [0.3, 0.4) is 0 Å². The van der Waals surface area contributed by atoms with Crippen molar-refractivity contribution in [1.82, 2.24) is 4.90 Å². The van der Waals surface area contributed by atoms with Crippen LogP contribution in [0.5, 0.6) is 5.75 Å². The first kappa shape index (κ1) is 22.3. The highest BCUT2D eigenvalue weighted by Gasteiger charge is 2.30. The Morgan fingerprint density at radius 3 is 2.59 bits per heavy atom. The molecule has 0 atom stereocenters. The molecule has 0 N–H and O–H groups in total. The Hall–Kier alpha value is -3.03. The summed E-state index contributed by atoms with van der Waals surface area (Å²) < 4.78 is 48.9. The van der Waals surface area contributed by atoms with E-state index in [1.807, 2.05) is 18.9 Å². The average molecular weight is 408 g/mol. The van der Waals surface area contributed by atoms with Gasteiger partial charge in [-0.1, -0.05) is 12.1 Å². The molecule has 0 heterocycles. The van der Waals surface area contributed by atoms with Gasteiger partial charge in [-0.2, -0.15) is 13.2 Å². The average Bonchev–Trinajstić information content (AvgIpc) is 2.70. The molecule has 0 aromatic heterocycles. The Kier molecular flexibility index (Phi) is 7.25. The molecule has 0 saturated heterocycles. The van der Waals surface area contributed by atoms with Crippen LogP contribution >= 0.6 is 0 Å². The van der Waals surface area contributed by atoms with Gasteiger partial charge in [-0.25, -0.2) is 9.79 Å². The zero-order chi connectivity index (χ0) is 21.6. The Labute approximate surface area is 167 Å². The molecule has 0 fully saturated rings. The minimum absolute atomic E-state index is 0.180. The lowest BCUT2D eigenvalue weighted by Gasteiger charge is -2.13. The number of carbonyl (C=O) groups is 1. The maximum Gasteiger partial charge on any atom is 0.416 e. The van der Waals surface area contributed by atoms with E-state index in [1.54, 1.807) is 25.4 Å². The van der Waals surface area contributed by atoms with E-state index >= 15 is 0 Å². The third kappa shape index (κ3) is 5.97. The fourth-order valence-corrected chi connectivity index (χ4v) is 2.45. The normalized spacial score (nSPS) is 11.6. The Balaban J connectivity index is 2.18. The van der Waals surface area contributed by atoms with Gasteiger partial charge >= 0.3 is 12.1 Å². The highest BCUT2D eigenvalue weighted by molar-refractivity contribution is 5.93. The summed E-state index contributed by atoms with van der Waals surface area (Å²) in [4.78, 5) is 18.8. The van der Waals surface area contributed by atoms with E-state index in [2.05, 4.69) is 4.99 Å². The summed E-state index contributed by atoms with van der Waals surface area (Å²) in [6.07, 6.45) is -2.78. The molecular formula is C21H23F3N2O3. The molecule has 0 aliphatic carbocycles. The van der Waals surface area contributed by atoms with Crippen LogP contribution in [-0.4, -0.2) is 37.9 Å². The van der Waals surface area contributed by atoms with Crippen molar-refractivity contribution in [3.05, 3.63) is 58.7 Å². The number of nitrogens with zero attached hydrogens (tertiary/aromatic N) is 2. The lowest BCUT2D eigenvalue weighted by atomic mass is 10.1. The van der Waals surface area contributed by atoms with E-state index in [1.165, 1.54) is 19.2 Å². The molecule has 0 radical (unpaired) electrons. The second-order valence-electron chi connectivity index (χ2n) is 6.43. The molecule has 0 unspecified atom stereocenters. The SMILES string of the molecule is CCN(C)C=Nc1cc(OC)c(C(=O)OCc2cccc(C(F)(F)F)c2)cc1C. The maximum absolute atomic E-state index is 12.8. The predicted octanol–water partition coefficient (Wildman–Crippen LogP) is 4.99. The molecule has 0 saturated carbocycles. The number of hydrogen-bond acceptors (Lipinski definition) is 4. The Bertz CT molecular complexity index is 895. The zero-order valence-electron chi connectivity index (χ0n) is 16.7. The molecular weight excluding hydrogens is 385 g/mol. The fraction of sp³-hybridized carbons (Fsp3) is 0.333. The van der Waals surface area contributed by atoms with Gasteiger partial charge in [0.15, 0.2) is 0 Å². The number of hydrogen-bond donors (Lipinski definition) is 0. The highest BCUT2D eigenvalue weighted by Crippen LogP contribution is 2.31. The third-order valence-electron chi connectivity index (χ3n) is 4.25. The zero-order valence-corrected chi connectivity index (χ0v) is 16.7. The Morgan fingerprint density at radius 2 is 1.97 bits per heavy atom. The van der Waals surface area contributed by atoms with Gasteiger partial charge in [0.05, 0.1) is 24.7 Å². The summed E-state index contributed by atoms with van der Waals surface area (Å²) in [7, 11) is 3.30. The molecule has 0 aliphatic rings. The quantitative estimate of drug-likeness (QED) is 0.368. The van der Waals surface area contributed by atoms with E-state index < -0.39 is 17.7 Å². The number of carbonyl (C=O) groups excluding carboxylic acids is 1. The van der Waals surface area contributed by atoms with E-state index in [-0.39, 0.29) is 23.5 Å². The van der Waals surface area contributed by atoms with Crippen molar-refractivity contribution in [2.45, 2.75) is 26.6 Å². The lowest BCUT2D eigenvalue weighted by molar-refractivity contribution is -0.137. The van der Waals surface area contributed by atoms with Crippen LogP contribution in [-0.2, 0) is 17.5 Å². The van der Waals surface area contributed by atoms with Gasteiger partial charge in [-0.15, -0.1) is 0 Å². The topological polar surface area (TPSA) is 51.1 Å². The number of aryl methyl sites for hydroxylation is 1. The molecule has 2 aromatic rings. The van der Waals surface area contributed by atoms with Gasteiger partial charge < -0.3 is 14.4 Å².